The number of aryl methyl sites for hydroxylation is 1. The number of piperidine rings is 1. The SMILES string of the molecule is Cc1ccc(CO[C@@H]2CCCN(C(=O)c3ccc(Cl)cc3Cl)C2)cc1. The molecule has 0 unspecified atom stereocenters. The maximum absolute atomic E-state index is 12.7. The standard InChI is InChI=1S/C20H21Cl2NO2/c1-14-4-6-15(7-5-14)13-25-17-3-2-10-23(12-17)20(24)18-9-8-16(21)11-19(18)22/h4-9,11,17H,2-3,10,12-13H2,1H3/t17-/m1/s1. The molecule has 0 aromatic heterocycles. The van der Waals surface area contributed by atoms with Gasteiger partial charge >= 0.3 is 0 Å². The Morgan fingerprint density at radius 1 is 1.20 bits per heavy atom. The summed E-state index contributed by atoms with van der Waals surface area (Å²) in [4.78, 5) is 14.5. The van der Waals surface area contributed by atoms with Crippen LogP contribution in [-0.2, 0) is 11.3 Å². The van der Waals surface area contributed by atoms with Crippen molar-refractivity contribution in [1.82, 2.24) is 4.90 Å². The van der Waals surface area contributed by atoms with Gasteiger partial charge in [-0.05, 0) is 43.5 Å². The van der Waals surface area contributed by atoms with Crippen molar-refractivity contribution in [2.24, 2.45) is 0 Å². The summed E-state index contributed by atoms with van der Waals surface area (Å²) in [5.41, 5.74) is 2.87. The van der Waals surface area contributed by atoms with Crippen molar-refractivity contribution in [3.63, 3.8) is 0 Å². The number of ether oxygens (including phenoxy) is 1. The van der Waals surface area contributed by atoms with Gasteiger partial charge in [0.05, 0.1) is 23.3 Å². The molecule has 0 N–H and O–H groups in total. The van der Waals surface area contributed by atoms with Crippen molar-refractivity contribution in [3.05, 3.63) is 69.2 Å². The van der Waals surface area contributed by atoms with E-state index in [0.717, 1.165) is 24.9 Å². The lowest BCUT2D eigenvalue weighted by atomic mass is 10.1. The first-order valence-corrected chi connectivity index (χ1v) is 9.20. The summed E-state index contributed by atoms with van der Waals surface area (Å²) >= 11 is 12.1. The van der Waals surface area contributed by atoms with Crippen molar-refractivity contribution in [3.8, 4) is 0 Å². The van der Waals surface area contributed by atoms with Crippen molar-refractivity contribution < 1.29 is 9.53 Å². The highest BCUT2D eigenvalue weighted by Gasteiger charge is 2.26. The number of carbonyl (C=O) groups excluding carboxylic acids is 1. The minimum Gasteiger partial charge on any atom is -0.372 e. The maximum Gasteiger partial charge on any atom is 0.255 e. The van der Waals surface area contributed by atoms with E-state index in [4.69, 9.17) is 27.9 Å². The molecule has 25 heavy (non-hydrogen) atoms. The molecule has 3 rings (SSSR count). The van der Waals surface area contributed by atoms with E-state index in [2.05, 4.69) is 31.2 Å². The predicted octanol–water partition coefficient (Wildman–Crippen LogP) is 5.12. The summed E-state index contributed by atoms with van der Waals surface area (Å²) < 4.78 is 6.03. The van der Waals surface area contributed by atoms with Crippen LogP contribution < -0.4 is 0 Å². The minimum absolute atomic E-state index is 0.0464. The molecule has 1 atom stereocenters. The number of nitrogens with zero attached hydrogens (tertiary/aromatic N) is 1. The number of halogens is 2. The molecule has 0 saturated carbocycles. The predicted molar refractivity (Wildman–Crippen MR) is 101 cm³/mol. The van der Waals surface area contributed by atoms with E-state index in [1.807, 2.05) is 4.90 Å². The molecule has 1 saturated heterocycles. The Balaban J connectivity index is 1.60. The highest BCUT2D eigenvalue weighted by molar-refractivity contribution is 6.36. The fourth-order valence-corrected chi connectivity index (χ4v) is 3.48. The van der Waals surface area contributed by atoms with Crippen molar-refractivity contribution in [2.75, 3.05) is 13.1 Å². The summed E-state index contributed by atoms with van der Waals surface area (Å²) in [6, 6.07) is 13.3. The zero-order chi connectivity index (χ0) is 17.8. The minimum atomic E-state index is -0.0645. The molecule has 0 bridgehead atoms. The van der Waals surface area contributed by atoms with Gasteiger partial charge in [0.25, 0.3) is 5.91 Å². The van der Waals surface area contributed by atoms with E-state index >= 15 is 0 Å². The van der Waals surface area contributed by atoms with Crippen LogP contribution in [0.1, 0.15) is 34.3 Å². The van der Waals surface area contributed by atoms with Crippen molar-refractivity contribution >= 4 is 29.1 Å². The van der Waals surface area contributed by atoms with E-state index in [-0.39, 0.29) is 12.0 Å². The second kappa shape index (κ2) is 8.22. The second-order valence-electron chi connectivity index (χ2n) is 6.44. The number of hydrogen-bond donors (Lipinski definition) is 0. The Kier molecular flexibility index (Phi) is 6.00. The fourth-order valence-electron chi connectivity index (χ4n) is 2.99. The van der Waals surface area contributed by atoms with Gasteiger partial charge in [-0.1, -0.05) is 53.0 Å². The van der Waals surface area contributed by atoms with Crippen LogP contribution in [0, 0.1) is 6.92 Å². The third-order valence-corrected chi connectivity index (χ3v) is 4.98. The van der Waals surface area contributed by atoms with Gasteiger partial charge in [-0.2, -0.15) is 0 Å². The monoisotopic (exact) mass is 377 g/mol. The largest absolute Gasteiger partial charge is 0.372 e. The number of hydrogen-bond acceptors (Lipinski definition) is 2. The van der Waals surface area contributed by atoms with Crippen molar-refractivity contribution in [1.29, 1.82) is 0 Å². The number of benzene rings is 2. The Morgan fingerprint density at radius 2 is 1.96 bits per heavy atom. The van der Waals surface area contributed by atoms with Gasteiger partial charge in [-0.15, -0.1) is 0 Å². The highest BCUT2D eigenvalue weighted by Crippen LogP contribution is 2.24. The molecule has 1 heterocycles. The molecule has 2 aromatic rings. The van der Waals surface area contributed by atoms with Crippen LogP contribution in [0.3, 0.4) is 0 Å². The molecule has 3 nitrogen and oxygen atoms in total. The van der Waals surface area contributed by atoms with Crippen LogP contribution in [0.15, 0.2) is 42.5 Å². The average Bonchev–Trinajstić information content (AvgIpc) is 2.61. The van der Waals surface area contributed by atoms with E-state index in [1.165, 1.54) is 5.56 Å². The Labute approximate surface area is 158 Å². The Hall–Kier alpha value is -1.55. The maximum atomic E-state index is 12.7. The molecule has 0 spiro atoms. The molecule has 0 aliphatic carbocycles. The molecule has 0 radical (unpaired) electrons. The first-order valence-electron chi connectivity index (χ1n) is 8.44. The van der Waals surface area contributed by atoms with E-state index in [0.29, 0.717) is 28.8 Å². The molecular formula is C20H21Cl2NO2. The molecule has 1 fully saturated rings. The summed E-state index contributed by atoms with van der Waals surface area (Å²) in [5.74, 6) is -0.0645. The summed E-state index contributed by atoms with van der Waals surface area (Å²) in [6.07, 6.45) is 1.93. The Bertz CT molecular complexity index is 746. The van der Waals surface area contributed by atoms with Gasteiger partial charge in [0, 0.05) is 18.1 Å². The lowest BCUT2D eigenvalue weighted by Gasteiger charge is -2.33. The van der Waals surface area contributed by atoms with E-state index in [9.17, 15) is 4.79 Å². The first-order chi connectivity index (χ1) is 12.0. The molecule has 132 valence electrons. The molecular weight excluding hydrogens is 357 g/mol. The third-order valence-electron chi connectivity index (χ3n) is 4.43. The zero-order valence-corrected chi connectivity index (χ0v) is 15.7. The summed E-state index contributed by atoms with van der Waals surface area (Å²) in [5, 5.41) is 0.916. The molecule has 1 aliphatic rings. The molecule has 5 heteroatoms. The van der Waals surface area contributed by atoms with Crippen LogP contribution in [0.2, 0.25) is 10.0 Å². The smallest absolute Gasteiger partial charge is 0.255 e. The molecule has 2 aromatic carbocycles. The topological polar surface area (TPSA) is 29.5 Å². The van der Waals surface area contributed by atoms with Gasteiger partial charge in [-0.25, -0.2) is 0 Å². The number of likely N-dealkylation sites (tertiary alicyclic amines) is 1. The fraction of sp³-hybridized carbons (Fsp3) is 0.350. The number of rotatable bonds is 4. The van der Waals surface area contributed by atoms with E-state index in [1.54, 1.807) is 18.2 Å². The van der Waals surface area contributed by atoms with Gasteiger partial charge in [0.15, 0.2) is 0 Å². The van der Waals surface area contributed by atoms with E-state index < -0.39 is 0 Å². The third kappa shape index (κ3) is 4.75. The van der Waals surface area contributed by atoms with Crippen LogP contribution >= 0.6 is 23.2 Å². The van der Waals surface area contributed by atoms with Gasteiger partial charge in [-0.3, -0.25) is 4.79 Å². The lowest BCUT2D eigenvalue weighted by molar-refractivity contribution is -0.00672. The summed E-state index contributed by atoms with van der Waals surface area (Å²) in [6.45, 7) is 3.94. The van der Waals surface area contributed by atoms with Crippen molar-refractivity contribution in [2.45, 2.75) is 32.5 Å². The number of carbonyl (C=O) groups is 1. The molecule has 1 aliphatic heterocycles. The highest BCUT2D eigenvalue weighted by atomic mass is 35.5. The summed E-state index contributed by atoms with van der Waals surface area (Å²) in [7, 11) is 0. The van der Waals surface area contributed by atoms with Crippen LogP contribution in [0.25, 0.3) is 0 Å². The van der Waals surface area contributed by atoms with Crippen LogP contribution in [0.5, 0.6) is 0 Å². The molecule has 1 amide bonds. The second-order valence-corrected chi connectivity index (χ2v) is 7.28. The lowest BCUT2D eigenvalue weighted by Crippen LogP contribution is -2.43. The van der Waals surface area contributed by atoms with Gasteiger partial charge in [0.1, 0.15) is 0 Å². The quantitative estimate of drug-likeness (QED) is 0.739. The van der Waals surface area contributed by atoms with Crippen LogP contribution in [0.4, 0.5) is 0 Å². The first kappa shape index (κ1) is 18.2. The van der Waals surface area contributed by atoms with Gasteiger partial charge < -0.3 is 9.64 Å². The average molecular weight is 378 g/mol. The van der Waals surface area contributed by atoms with Gasteiger partial charge in [0.2, 0.25) is 0 Å². The Morgan fingerprint density at radius 3 is 2.68 bits per heavy atom. The zero-order valence-electron chi connectivity index (χ0n) is 14.2. The number of amides is 1. The normalized spacial score (nSPS) is 17.6. The van der Waals surface area contributed by atoms with Crippen LogP contribution in [-0.4, -0.2) is 30.0 Å².